The molecule has 0 saturated heterocycles. The summed E-state index contributed by atoms with van der Waals surface area (Å²) in [6.45, 7) is 2.07. The van der Waals surface area contributed by atoms with Gasteiger partial charge in [0.25, 0.3) is 0 Å². The number of benzene rings is 1. The summed E-state index contributed by atoms with van der Waals surface area (Å²) in [5.41, 5.74) is 0.677. The maximum atomic E-state index is 13.7. The van der Waals surface area contributed by atoms with E-state index in [0.717, 1.165) is 9.35 Å². The maximum absolute atomic E-state index is 13.7. The van der Waals surface area contributed by atoms with Crippen LogP contribution in [0.4, 0.5) is 4.39 Å². The van der Waals surface area contributed by atoms with Gasteiger partial charge in [0.1, 0.15) is 4.88 Å². The van der Waals surface area contributed by atoms with Gasteiger partial charge in [0, 0.05) is 9.35 Å². The van der Waals surface area contributed by atoms with Crippen molar-refractivity contribution < 1.29 is 18.7 Å². The minimum atomic E-state index is -0.442. The van der Waals surface area contributed by atoms with Crippen LogP contribution in [0.25, 0.3) is 10.4 Å². The molecule has 0 saturated carbocycles. The van der Waals surface area contributed by atoms with Crippen LogP contribution in [0.3, 0.4) is 0 Å². The monoisotopic (exact) mass is 358 g/mol. The third-order valence-corrected chi connectivity index (χ3v) is 4.63. The molecule has 0 unspecified atom stereocenters. The van der Waals surface area contributed by atoms with Crippen LogP contribution in [0, 0.1) is 5.82 Å². The Morgan fingerprint density at radius 2 is 2.15 bits per heavy atom. The van der Waals surface area contributed by atoms with Gasteiger partial charge in [0.05, 0.1) is 13.7 Å². The van der Waals surface area contributed by atoms with Crippen molar-refractivity contribution in [1.82, 2.24) is 0 Å². The van der Waals surface area contributed by atoms with Crippen molar-refractivity contribution in [3.8, 4) is 16.2 Å². The first-order valence-electron chi connectivity index (χ1n) is 5.87. The summed E-state index contributed by atoms with van der Waals surface area (Å²) >= 11 is 4.64. The molecule has 1 aromatic carbocycles. The fraction of sp³-hybridized carbons (Fsp3) is 0.214. The minimum Gasteiger partial charge on any atom is -0.494 e. The lowest BCUT2D eigenvalue weighted by Crippen LogP contribution is -2.01. The predicted octanol–water partition coefficient (Wildman–Crippen LogP) is 4.50. The van der Waals surface area contributed by atoms with Gasteiger partial charge in [-0.15, -0.1) is 11.3 Å². The first kappa shape index (κ1) is 15.0. The summed E-state index contributed by atoms with van der Waals surface area (Å²) < 4.78 is 24.3. The molecule has 3 nitrogen and oxygen atoms in total. The topological polar surface area (TPSA) is 35.5 Å². The van der Waals surface area contributed by atoms with Crippen molar-refractivity contribution >= 4 is 33.2 Å². The Bertz CT molecular complexity index is 639. The van der Waals surface area contributed by atoms with Gasteiger partial charge in [0.15, 0.2) is 11.6 Å². The summed E-state index contributed by atoms with van der Waals surface area (Å²) in [7, 11) is 1.41. The molecule has 20 heavy (non-hydrogen) atoms. The van der Waals surface area contributed by atoms with E-state index in [1.807, 2.05) is 0 Å². The van der Waals surface area contributed by atoms with E-state index in [0.29, 0.717) is 17.0 Å². The molecule has 1 heterocycles. The third-order valence-electron chi connectivity index (χ3n) is 2.58. The molecule has 0 bridgehead atoms. The van der Waals surface area contributed by atoms with Crippen molar-refractivity contribution in [3.63, 3.8) is 0 Å². The quantitative estimate of drug-likeness (QED) is 0.754. The number of halogens is 2. The molecule has 0 amide bonds. The number of esters is 1. The lowest BCUT2D eigenvalue weighted by Gasteiger charge is -2.04. The van der Waals surface area contributed by atoms with Crippen LogP contribution >= 0.6 is 27.3 Å². The zero-order valence-electron chi connectivity index (χ0n) is 10.9. The molecular formula is C14H12BrFO3S. The van der Waals surface area contributed by atoms with Gasteiger partial charge in [-0.3, -0.25) is 0 Å². The van der Waals surface area contributed by atoms with E-state index in [1.54, 1.807) is 25.1 Å². The van der Waals surface area contributed by atoms with Crippen molar-refractivity contribution in [2.75, 3.05) is 13.7 Å². The average Bonchev–Trinajstić information content (AvgIpc) is 2.81. The van der Waals surface area contributed by atoms with Gasteiger partial charge in [-0.05, 0) is 52.7 Å². The van der Waals surface area contributed by atoms with Gasteiger partial charge in [-0.1, -0.05) is 0 Å². The highest BCUT2D eigenvalue weighted by Crippen LogP contribution is 2.38. The number of methoxy groups -OCH3 is 1. The molecule has 106 valence electrons. The normalized spacial score (nSPS) is 10.4. The molecule has 0 radical (unpaired) electrons. The number of carbonyl (C=O) groups is 1. The van der Waals surface area contributed by atoms with Gasteiger partial charge < -0.3 is 9.47 Å². The van der Waals surface area contributed by atoms with Crippen LogP contribution in [0.2, 0.25) is 0 Å². The Labute approximate surface area is 128 Å². The smallest absolute Gasteiger partial charge is 0.348 e. The van der Waals surface area contributed by atoms with Crippen molar-refractivity contribution in [2.45, 2.75) is 6.92 Å². The maximum Gasteiger partial charge on any atom is 0.348 e. The number of rotatable bonds is 4. The number of carbonyl (C=O) groups excluding carboxylic acids is 1. The Kier molecular flexibility index (Phi) is 4.77. The average molecular weight is 359 g/mol. The summed E-state index contributed by atoms with van der Waals surface area (Å²) in [5.74, 6) is -0.631. The summed E-state index contributed by atoms with van der Waals surface area (Å²) in [6, 6.07) is 6.36. The van der Waals surface area contributed by atoms with E-state index >= 15 is 0 Å². The summed E-state index contributed by atoms with van der Waals surface area (Å²) in [6.07, 6.45) is 0. The van der Waals surface area contributed by atoms with Crippen LogP contribution in [0.5, 0.6) is 5.75 Å². The molecule has 0 aliphatic carbocycles. The third kappa shape index (κ3) is 3.02. The Morgan fingerprint density at radius 3 is 2.75 bits per heavy atom. The Hall–Kier alpha value is -1.40. The lowest BCUT2D eigenvalue weighted by atomic mass is 10.2. The molecule has 1 aromatic heterocycles. The number of hydrogen-bond donors (Lipinski definition) is 0. The predicted molar refractivity (Wildman–Crippen MR) is 79.9 cm³/mol. The van der Waals surface area contributed by atoms with E-state index in [9.17, 15) is 9.18 Å². The van der Waals surface area contributed by atoms with Crippen LogP contribution in [0.1, 0.15) is 16.6 Å². The van der Waals surface area contributed by atoms with Crippen LogP contribution in [-0.2, 0) is 4.74 Å². The SMILES string of the molecule is CCOC(=O)c1cc(Br)c(-c2ccc(OC)c(F)c2)s1. The first-order valence-corrected chi connectivity index (χ1v) is 7.48. The zero-order valence-corrected chi connectivity index (χ0v) is 13.3. The highest BCUT2D eigenvalue weighted by atomic mass is 79.9. The minimum absolute atomic E-state index is 0.187. The molecule has 0 N–H and O–H groups in total. The number of ether oxygens (including phenoxy) is 2. The molecule has 0 aliphatic rings. The van der Waals surface area contributed by atoms with Gasteiger partial charge in [0.2, 0.25) is 0 Å². The molecule has 2 rings (SSSR count). The first-order chi connectivity index (χ1) is 9.56. The Morgan fingerprint density at radius 1 is 1.40 bits per heavy atom. The molecule has 0 spiro atoms. The van der Waals surface area contributed by atoms with Crippen molar-refractivity contribution in [2.24, 2.45) is 0 Å². The summed E-state index contributed by atoms with van der Waals surface area (Å²) in [5, 5.41) is 0. The van der Waals surface area contributed by atoms with Crippen LogP contribution < -0.4 is 4.74 Å². The second kappa shape index (κ2) is 6.37. The fourth-order valence-corrected chi connectivity index (χ4v) is 3.47. The molecular weight excluding hydrogens is 347 g/mol. The van der Waals surface area contributed by atoms with Gasteiger partial charge >= 0.3 is 5.97 Å². The Balaban J connectivity index is 2.38. The molecule has 6 heteroatoms. The number of hydrogen-bond acceptors (Lipinski definition) is 4. The molecule has 0 fully saturated rings. The molecule has 2 aromatic rings. The van der Waals surface area contributed by atoms with E-state index < -0.39 is 5.82 Å². The van der Waals surface area contributed by atoms with E-state index in [-0.39, 0.29) is 11.7 Å². The van der Waals surface area contributed by atoms with E-state index in [2.05, 4.69) is 15.9 Å². The second-order valence-electron chi connectivity index (χ2n) is 3.86. The fourth-order valence-electron chi connectivity index (χ4n) is 1.68. The molecule has 0 atom stereocenters. The summed E-state index contributed by atoms with van der Waals surface area (Å²) in [4.78, 5) is 12.9. The largest absolute Gasteiger partial charge is 0.494 e. The van der Waals surface area contributed by atoms with Crippen molar-refractivity contribution in [3.05, 3.63) is 39.4 Å². The standard InChI is InChI=1S/C14H12BrFO3S/c1-3-19-14(17)12-7-9(15)13(20-12)8-4-5-11(18-2)10(16)6-8/h4-7H,3H2,1-2H3. The van der Waals surface area contributed by atoms with Crippen LogP contribution in [-0.4, -0.2) is 19.7 Å². The van der Waals surface area contributed by atoms with E-state index in [1.165, 1.54) is 24.5 Å². The van der Waals surface area contributed by atoms with Crippen LogP contribution in [0.15, 0.2) is 28.7 Å². The zero-order chi connectivity index (χ0) is 14.7. The van der Waals surface area contributed by atoms with Gasteiger partial charge in [-0.2, -0.15) is 0 Å². The van der Waals surface area contributed by atoms with Crippen molar-refractivity contribution in [1.29, 1.82) is 0 Å². The van der Waals surface area contributed by atoms with E-state index in [4.69, 9.17) is 9.47 Å². The second-order valence-corrected chi connectivity index (χ2v) is 5.76. The highest BCUT2D eigenvalue weighted by molar-refractivity contribution is 9.10. The lowest BCUT2D eigenvalue weighted by molar-refractivity contribution is 0.0532. The highest BCUT2D eigenvalue weighted by Gasteiger charge is 2.16. The number of thiophene rings is 1. The van der Waals surface area contributed by atoms with Gasteiger partial charge in [-0.25, -0.2) is 9.18 Å². The molecule has 0 aliphatic heterocycles.